The molecular weight excluding hydrogens is 242 g/mol. The van der Waals surface area contributed by atoms with Crippen molar-refractivity contribution < 1.29 is 0 Å². The lowest BCUT2D eigenvalue weighted by Gasteiger charge is -2.19. The zero-order valence-corrected chi connectivity index (χ0v) is 13.0. The molecule has 0 aromatic carbocycles. The Morgan fingerprint density at radius 3 is 2.56 bits per heavy atom. The molecule has 18 heavy (non-hydrogen) atoms. The van der Waals surface area contributed by atoms with Crippen LogP contribution in [0.1, 0.15) is 49.7 Å². The van der Waals surface area contributed by atoms with E-state index in [0.29, 0.717) is 10.8 Å². The highest BCUT2D eigenvalue weighted by Gasteiger charge is 2.41. The third-order valence-corrected chi connectivity index (χ3v) is 5.56. The first kappa shape index (κ1) is 13.9. The molecule has 102 valence electrons. The van der Waals surface area contributed by atoms with Crippen molar-refractivity contribution in [1.82, 2.24) is 15.1 Å². The Labute approximate surface area is 115 Å². The van der Waals surface area contributed by atoms with Crippen LogP contribution in [0.25, 0.3) is 0 Å². The van der Waals surface area contributed by atoms with Gasteiger partial charge in [0.15, 0.2) is 0 Å². The number of aryl methyl sites for hydroxylation is 2. The van der Waals surface area contributed by atoms with Gasteiger partial charge in [-0.15, -0.1) is 0 Å². The van der Waals surface area contributed by atoms with Crippen LogP contribution in [0, 0.1) is 13.8 Å². The summed E-state index contributed by atoms with van der Waals surface area (Å²) in [4.78, 5) is 0. The maximum atomic E-state index is 4.60. The lowest BCUT2D eigenvalue weighted by molar-refractivity contribution is 0.556. The van der Waals surface area contributed by atoms with Crippen LogP contribution in [0.2, 0.25) is 0 Å². The first-order valence-corrected chi connectivity index (χ1v) is 8.08. The molecule has 0 spiro atoms. The molecule has 1 aromatic rings. The van der Waals surface area contributed by atoms with E-state index in [4.69, 9.17) is 0 Å². The number of hydrogen-bond acceptors (Lipinski definition) is 3. The van der Waals surface area contributed by atoms with Gasteiger partial charge in [-0.3, -0.25) is 4.68 Å². The molecule has 1 unspecified atom stereocenters. The van der Waals surface area contributed by atoms with E-state index in [1.54, 1.807) is 0 Å². The second-order valence-electron chi connectivity index (χ2n) is 5.39. The summed E-state index contributed by atoms with van der Waals surface area (Å²) in [5, 5.41) is 8.30. The van der Waals surface area contributed by atoms with Crippen LogP contribution in [0.5, 0.6) is 0 Å². The van der Waals surface area contributed by atoms with Crippen LogP contribution < -0.4 is 5.32 Å². The standard InChI is InChI=1S/C14H25N3S/c1-6-17-12(4)13(11(3)16-17)10(2)15-9-14(18-5)7-8-14/h10,15H,6-9H2,1-5H3. The molecule has 1 atom stereocenters. The Bertz CT molecular complexity index is 421. The quantitative estimate of drug-likeness (QED) is 0.859. The lowest BCUT2D eigenvalue weighted by Crippen LogP contribution is -2.29. The van der Waals surface area contributed by atoms with Gasteiger partial charge >= 0.3 is 0 Å². The molecule has 1 aliphatic carbocycles. The molecule has 1 fully saturated rings. The predicted octanol–water partition coefficient (Wildman–Crippen LogP) is 3.07. The number of hydrogen-bond donors (Lipinski definition) is 1. The average Bonchev–Trinajstić information content (AvgIpc) is 3.08. The van der Waals surface area contributed by atoms with Crippen molar-refractivity contribution in [2.24, 2.45) is 0 Å². The zero-order valence-electron chi connectivity index (χ0n) is 12.2. The molecule has 0 amide bonds. The van der Waals surface area contributed by atoms with Crippen molar-refractivity contribution >= 4 is 11.8 Å². The molecular formula is C14H25N3S. The normalized spacial score (nSPS) is 18.9. The minimum atomic E-state index is 0.398. The van der Waals surface area contributed by atoms with Gasteiger partial charge in [0.2, 0.25) is 0 Å². The third kappa shape index (κ3) is 2.59. The summed E-state index contributed by atoms with van der Waals surface area (Å²) in [5.41, 5.74) is 3.86. The van der Waals surface area contributed by atoms with E-state index in [1.807, 2.05) is 11.8 Å². The molecule has 3 nitrogen and oxygen atoms in total. The Balaban J connectivity index is 2.04. The minimum absolute atomic E-state index is 0.398. The highest BCUT2D eigenvalue weighted by atomic mass is 32.2. The fourth-order valence-corrected chi connectivity index (χ4v) is 3.42. The molecule has 2 rings (SSSR count). The van der Waals surface area contributed by atoms with Gasteiger partial charge in [0, 0.05) is 35.1 Å². The van der Waals surface area contributed by atoms with Gasteiger partial charge in [0.05, 0.1) is 5.69 Å². The van der Waals surface area contributed by atoms with Crippen molar-refractivity contribution in [3.05, 3.63) is 17.0 Å². The van der Waals surface area contributed by atoms with Gasteiger partial charge in [-0.1, -0.05) is 0 Å². The maximum Gasteiger partial charge on any atom is 0.0644 e. The van der Waals surface area contributed by atoms with Crippen molar-refractivity contribution in [1.29, 1.82) is 0 Å². The lowest BCUT2D eigenvalue weighted by atomic mass is 10.1. The second-order valence-corrected chi connectivity index (χ2v) is 6.66. The fourth-order valence-electron chi connectivity index (χ4n) is 2.68. The average molecular weight is 267 g/mol. The van der Waals surface area contributed by atoms with Crippen LogP contribution in [-0.2, 0) is 6.54 Å². The van der Waals surface area contributed by atoms with E-state index >= 15 is 0 Å². The minimum Gasteiger partial charge on any atom is -0.309 e. The van der Waals surface area contributed by atoms with Gasteiger partial charge in [-0.05, 0) is 46.8 Å². The Hall–Kier alpha value is -0.480. The molecule has 1 aromatic heterocycles. The van der Waals surface area contributed by atoms with Crippen LogP contribution >= 0.6 is 11.8 Å². The van der Waals surface area contributed by atoms with Gasteiger partial charge in [-0.25, -0.2) is 0 Å². The summed E-state index contributed by atoms with van der Waals surface area (Å²) < 4.78 is 2.63. The van der Waals surface area contributed by atoms with Crippen molar-refractivity contribution in [3.8, 4) is 0 Å². The van der Waals surface area contributed by atoms with Gasteiger partial charge < -0.3 is 5.32 Å². The molecule has 1 aliphatic rings. The molecule has 4 heteroatoms. The van der Waals surface area contributed by atoms with Gasteiger partial charge in [0.1, 0.15) is 0 Å². The summed E-state index contributed by atoms with van der Waals surface area (Å²) >= 11 is 2.01. The van der Waals surface area contributed by atoms with Crippen molar-refractivity contribution in [2.75, 3.05) is 12.8 Å². The highest BCUT2D eigenvalue weighted by molar-refractivity contribution is 8.00. The van der Waals surface area contributed by atoms with Gasteiger partial charge in [0.25, 0.3) is 0 Å². The van der Waals surface area contributed by atoms with Gasteiger partial charge in [-0.2, -0.15) is 16.9 Å². The molecule has 1 saturated carbocycles. The molecule has 1 heterocycles. The van der Waals surface area contributed by atoms with Crippen LogP contribution in [0.3, 0.4) is 0 Å². The fraction of sp³-hybridized carbons (Fsp3) is 0.786. The number of aromatic nitrogens is 2. The predicted molar refractivity (Wildman–Crippen MR) is 79.3 cm³/mol. The zero-order chi connectivity index (χ0) is 13.3. The van der Waals surface area contributed by atoms with E-state index in [-0.39, 0.29) is 0 Å². The Kier molecular flexibility index (Phi) is 4.07. The largest absolute Gasteiger partial charge is 0.309 e. The Morgan fingerprint density at radius 1 is 1.44 bits per heavy atom. The number of nitrogens with one attached hydrogen (secondary N) is 1. The summed E-state index contributed by atoms with van der Waals surface area (Å²) in [6, 6.07) is 0.398. The molecule has 1 N–H and O–H groups in total. The van der Waals surface area contributed by atoms with E-state index < -0.39 is 0 Å². The first-order chi connectivity index (χ1) is 8.53. The number of nitrogens with zero attached hydrogens (tertiary/aromatic N) is 2. The molecule has 0 saturated heterocycles. The van der Waals surface area contributed by atoms with Crippen LogP contribution in [-0.4, -0.2) is 27.3 Å². The summed E-state index contributed by atoms with van der Waals surface area (Å²) in [5.74, 6) is 0. The van der Waals surface area contributed by atoms with E-state index in [2.05, 4.69) is 49.0 Å². The SMILES string of the molecule is CCn1nc(C)c(C(C)NCC2(SC)CC2)c1C. The summed E-state index contributed by atoms with van der Waals surface area (Å²) in [6.07, 6.45) is 4.95. The number of thioether (sulfide) groups is 1. The third-order valence-electron chi connectivity index (χ3n) is 4.14. The summed E-state index contributed by atoms with van der Waals surface area (Å²) in [7, 11) is 0. The molecule has 0 radical (unpaired) electrons. The topological polar surface area (TPSA) is 29.9 Å². The van der Waals surface area contributed by atoms with E-state index in [0.717, 1.165) is 13.1 Å². The molecule has 0 aliphatic heterocycles. The highest BCUT2D eigenvalue weighted by Crippen LogP contribution is 2.46. The Morgan fingerprint density at radius 2 is 2.11 bits per heavy atom. The van der Waals surface area contributed by atoms with E-state index in [1.165, 1.54) is 29.8 Å². The van der Waals surface area contributed by atoms with Crippen molar-refractivity contribution in [3.63, 3.8) is 0 Å². The maximum absolute atomic E-state index is 4.60. The van der Waals surface area contributed by atoms with Crippen molar-refractivity contribution in [2.45, 2.75) is 57.9 Å². The first-order valence-electron chi connectivity index (χ1n) is 6.85. The van der Waals surface area contributed by atoms with Crippen LogP contribution in [0.4, 0.5) is 0 Å². The van der Waals surface area contributed by atoms with E-state index in [9.17, 15) is 0 Å². The molecule has 0 bridgehead atoms. The second kappa shape index (κ2) is 5.25. The summed E-state index contributed by atoms with van der Waals surface area (Å²) in [6.45, 7) is 10.8. The van der Waals surface area contributed by atoms with Crippen LogP contribution in [0.15, 0.2) is 0 Å². The number of rotatable bonds is 6. The monoisotopic (exact) mass is 267 g/mol. The smallest absolute Gasteiger partial charge is 0.0644 e.